The van der Waals surface area contributed by atoms with E-state index in [-0.39, 0.29) is 6.67 Å². The van der Waals surface area contributed by atoms with Crippen molar-refractivity contribution in [2.24, 2.45) is 5.92 Å². The maximum absolute atomic E-state index is 11.8. The summed E-state index contributed by atoms with van der Waals surface area (Å²) in [4.78, 5) is 0. The molecular formula is C14H22FN. The second-order valence-electron chi connectivity index (χ2n) is 4.38. The first kappa shape index (κ1) is 13.2. The van der Waals surface area contributed by atoms with Gasteiger partial charge in [-0.3, -0.25) is 4.39 Å². The molecule has 1 aromatic rings. The topological polar surface area (TPSA) is 12.0 Å². The van der Waals surface area contributed by atoms with Gasteiger partial charge in [0.2, 0.25) is 0 Å². The second-order valence-corrected chi connectivity index (χ2v) is 4.38. The summed E-state index contributed by atoms with van der Waals surface area (Å²) in [6.45, 7) is 3.82. The van der Waals surface area contributed by atoms with Crippen molar-refractivity contribution in [1.29, 1.82) is 0 Å². The largest absolute Gasteiger partial charge is 0.316 e. The van der Waals surface area contributed by atoms with Crippen LogP contribution < -0.4 is 5.32 Å². The molecule has 1 rings (SSSR count). The van der Waals surface area contributed by atoms with Crippen molar-refractivity contribution in [2.45, 2.75) is 26.2 Å². The van der Waals surface area contributed by atoms with Crippen LogP contribution >= 0.6 is 0 Å². The molecule has 1 aromatic carbocycles. The van der Waals surface area contributed by atoms with Crippen LogP contribution in [0, 0.1) is 5.92 Å². The predicted molar refractivity (Wildman–Crippen MR) is 67.4 cm³/mol. The summed E-state index contributed by atoms with van der Waals surface area (Å²) < 4.78 is 11.8. The van der Waals surface area contributed by atoms with Crippen molar-refractivity contribution in [3.05, 3.63) is 35.9 Å². The average Bonchev–Trinajstić information content (AvgIpc) is 2.33. The number of alkyl halides is 1. The minimum atomic E-state index is -0.217. The van der Waals surface area contributed by atoms with Gasteiger partial charge in [0.25, 0.3) is 0 Å². The Kier molecular flexibility index (Phi) is 6.82. The van der Waals surface area contributed by atoms with E-state index in [0.29, 0.717) is 12.3 Å². The molecule has 0 spiro atoms. The fourth-order valence-electron chi connectivity index (χ4n) is 1.70. The standard InChI is InChI=1S/C14H22FN/c1-13(12-16-11-5-10-15)8-9-14-6-3-2-4-7-14/h2-4,6-7,13,16H,5,8-12H2,1H3. The molecule has 0 amide bonds. The van der Waals surface area contributed by atoms with Crippen LogP contribution in [-0.2, 0) is 6.42 Å². The molecule has 90 valence electrons. The van der Waals surface area contributed by atoms with Crippen molar-refractivity contribution in [3.63, 3.8) is 0 Å². The van der Waals surface area contributed by atoms with Gasteiger partial charge in [0.1, 0.15) is 0 Å². The van der Waals surface area contributed by atoms with E-state index in [2.05, 4.69) is 36.5 Å². The first-order chi connectivity index (χ1) is 7.83. The summed E-state index contributed by atoms with van der Waals surface area (Å²) in [7, 11) is 0. The summed E-state index contributed by atoms with van der Waals surface area (Å²) >= 11 is 0. The summed E-state index contributed by atoms with van der Waals surface area (Å²) in [5.74, 6) is 0.653. The molecule has 2 heteroatoms. The van der Waals surface area contributed by atoms with E-state index < -0.39 is 0 Å². The first-order valence-corrected chi connectivity index (χ1v) is 6.13. The summed E-state index contributed by atoms with van der Waals surface area (Å²) in [5, 5.41) is 3.28. The van der Waals surface area contributed by atoms with E-state index in [0.717, 1.165) is 19.5 Å². The molecule has 0 saturated heterocycles. The van der Waals surface area contributed by atoms with Gasteiger partial charge in [-0.05, 0) is 43.8 Å². The highest BCUT2D eigenvalue weighted by Crippen LogP contribution is 2.08. The Morgan fingerprint density at radius 1 is 1.25 bits per heavy atom. The highest BCUT2D eigenvalue weighted by molar-refractivity contribution is 5.14. The maximum atomic E-state index is 11.8. The summed E-state index contributed by atoms with van der Waals surface area (Å²) in [6, 6.07) is 10.6. The van der Waals surface area contributed by atoms with E-state index in [1.165, 1.54) is 12.0 Å². The zero-order valence-electron chi connectivity index (χ0n) is 10.1. The third-order valence-corrected chi connectivity index (χ3v) is 2.75. The molecule has 0 fully saturated rings. The molecule has 1 N–H and O–H groups in total. The van der Waals surface area contributed by atoms with Gasteiger partial charge in [0.05, 0.1) is 6.67 Å². The molecule has 0 aliphatic carbocycles. The molecule has 16 heavy (non-hydrogen) atoms. The lowest BCUT2D eigenvalue weighted by Gasteiger charge is -2.12. The Hall–Kier alpha value is -0.890. The highest BCUT2D eigenvalue weighted by Gasteiger charge is 2.01. The Morgan fingerprint density at radius 3 is 2.69 bits per heavy atom. The fraction of sp³-hybridized carbons (Fsp3) is 0.571. The predicted octanol–water partition coefficient (Wildman–Crippen LogP) is 3.20. The maximum Gasteiger partial charge on any atom is 0.0906 e. The van der Waals surface area contributed by atoms with Gasteiger partial charge in [-0.15, -0.1) is 0 Å². The molecule has 1 atom stereocenters. The van der Waals surface area contributed by atoms with Gasteiger partial charge >= 0.3 is 0 Å². The number of hydrogen-bond acceptors (Lipinski definition) is 1. The zero-order valence-corrected chi connectivity index (χ0v) is 10.1. The number of rotatable bonds is 8. The van der Waals surface area contributed by atoms with Crippen LogP contribution in [0.15, 0.2) is 30.3 Å². The molecular weight excluding hydrogens is 201 g/mol. The van der Waals surface area contributed by atoms with Crippen molar-refractivity contribution in [1.82, 2.24) is 5.32 Å². The van der Waals surface area contributed by atoms with Crippen LogP contribution in [-0.4, -0.2) is 19.8 Å². The Balaban J connectivity index is 2.08. The summed E-state index contributed by atoms with van der Waals surface area (Å²) in [5.41, 5.74) is 1.40. The van der Waals surface area contributed by atoms with E-state index in [1.54, 1.807) is 0 Å². The molecule has 0 bridgehead atoms. The zero-order chi connectivity index (χ0) is 11.6. The first-order valence-electron chi connectivity index (χ1n) is 6.13. The van der Waals surface area contributed by atoms with Crippen LogP contribution in [0.4, 0.5) is 4.39 Å². The van der Waals surface area contributed by atoms with E-state index in [9.17, 15) is 4.39 Å². The molecule has 0 saturated carbocycles. The van der Waals surface area contributed by atoms with Gasteiger partial charge in [-0.25, -0.2) is 0 Å². The number of nitrogens with one attached hydrogen (secondary N) is 1. The molecule has 1 unspecified atom stereocenters. The Morgan fingerprint density at radius 2 is 2.00 bits per heavy atom. The van der Waals surface area contributed by atoms with E-state index in [4.69, 9.17) is 0 Å². The average molecular weight is 223 g/mol. The highest BCUT2D eigenvalue weighted by atomic mass is 19.1. The lowest BCUT2D eigenvalue weighted by atomic mass is 10.0. The monoisotopic (exact) mass is 223 g/mol. The van der Waals surface area contributed by atoms with Gasteiger partial charge in [0, 0.05) is 0 Å². The molecule has 0 radical (unpaired) electrons. The molecule has 1 nitrogen and oxygen atoms in total. The van der Waals surface area contributed by atoms with Crippen LogP contribution in [0.25, 0.3) is 0 Å². The fourth-order valence-corrected chi connectivity index (χ4v) is 1.70. The van der Waals surface area contributed by atoms with Gasteiger partial charge in [0.15, 0.2) is 0 Å². The normalized spacial score (nSPS) is 12.6. The minimum absolute atomic E-state index is 0.217. The molecule has 0 aliphatic rings. The van der Waals surface area contributed by atoms with Gasteiger partial charge in [-0.1, -0.05) is 37.3 Å². The minimum Gasteiger partial charge on any atom is -0.316 e. The van der Waals surface area contributed by atoms with Crippen LogP contribution in [0.1, 0.15) is 25.3 Å². The van der Waals surface area contributed by atoms with Crippen LogP contribution in [0.3, 0.4) is 0 Å². The van der Waals surface area contributed by atoms with Gasteiger partial charge in [-0.2, -0.15) is 0 Å². The number of benzene rings is 1. The van der Waals surface area contributed by atoms with Crippen LogP contribution in [0.2, 0.25) is 0 Å². The van der Waals surface area contributed by atoms with Crippen molar-refractivity contribution < 1.29 is 4.39 Å². The van der Waals surface area contributed by atoms with E-state index in [1.807, 2.05) is 6.07 Å². The third kappa shape index (κ3) is 5.86. The van der Waals surface area contributed by atoms with Crippen molar-refractivity contribution >= 4 is 0 Å². The Labute approximate surface area is 98.1 Å². The molecule has 0 aliphatic heterocycles. The number of aryl methyl sites for hydroxylation is 1. The molecule has 0 aromatic heterocycles. The van der Waals surface area contributed by atoms with Crippen molar-refractivity contribution in [2.75, 3.05) is 19.8 Å². The van der Waals surface area contributed by atoms with Crippen LogP contribution in [0.5, 0.6) is 0 Å². The smallest absolute Gasteiger partial charge is 0.0906 e. The second kappa shape index (κ2) is 8.28. The lowest BCUT2D eigenvalue weighted by molar-refractivity contribution is 0.434. The SMILES string of the molecule is CC(CCc1ccccc1)CNCCCF. The number of halogens is 1. The lowest BCUT2D eigenvalue weighted by Crippen LogP contribution is -2.22. The van der Waals surface area contributed by atoms with Crippen molar-refractivity contribution in [3.8, 4) is 0 Å². The number of hydrogen-bond donors (Lipinski definition) is 1. The molecule has 0 heterocycles. The Bertz CT molecular complexity index is 261. The van der Waals surface area contributed by atoms with E-state index >= 15 is 0 Å². The van der Waals surface area contributed by atoms with Gasteiger partial charge < -0.3 is 5.32 Å². The third-order valence-electron chi connectivity index (χ3n) is 2.75. The summed E-state index contributed by atoms with van der Waals surface area (Å²) in [6.07, 6.45) is 2.95. The quantitative estimate of drug-likeness (QED) is 0.667.